The van der Waals surface area contributed by atoms with Crippen molar-refractivity contribution in [1.82, 2.24) is 14.9 Å². The molecule has 1 aliphatic rings. The normalized spacial score (nSPS) is 14.7. The van der Waals surface area contributed by atoms with Crippen molar-refractivity contribution in [3.8, 4) is 0 Å². The number of benzene rings is 2. The van der Waals surface area contributed by atoms with Crippen LogP contribution in [0.15, 0.2) is 54.6 Å². The fourth-order valence-electron chi connectivity index (χ4n) is 3.43. The second-order valence-corrected chi connectivity index (χ2v) is 6.84. The van der Waals surface area contributed by atoms with Gasteiger partial charge >= 0.3 is 6.09 Å². The molecule has 1 aliphatic heterocycles. The molecule has 0 radical (unpaired) electrons. The lowest BCUT2D eigenvalue weighted by Crippen LogP contribution is -2.34. The summed E-state index contributed by atoms with van der Waals surface area (Å²) in [4.78, 5) is 24.3. The number of rotatable bonds is 4. The van der Waals surface area contributed by atoms with Gasteiger partial charge in [0.15, 0.2) is 0 Å². The van der Waals surface area contributed by atoms with E-state index in [-0.39, 0.29) is 0 Å². The van der Waals surface area contributed by atoms with Crippen LogP contribution in [0.3, 0.4) is 0 Å². The monoisotopic (exact) mass is 377 g/mol. The van der Waals surface area contributed by atoms with Crippen LogP contribution in [-0.4, -0.2) is 52.2 Å². The number of aromatic nitrogens is 2. The molecule has 0 atom stereocenters. The summed E-state index contributed by atoms with van der Waals surface area (Å²) in [6, 6.07) is 18.1. The first-order valence-electron chi connectivity index (χ1n) is 9.48. The third-order valence-corrected chi connectivity index (χ3v) is 4.94. The lowest BCUT2D eigenvalue weighted by atomic mass is 10.2. The van der Waals surface area contributed by atoms with Crippen LogP contribution in [0.25, 0.3) is 10.9 Å². The van der Waals surface area contributed by atoms with E-state index in [9.17, 15) is 9.90 Å². The summed E-state index contributed by atoms with van der Waals surface area (Å²) in [6.07, 6.45) is -0.110. The van der Waals surface area contributed by atoms with Crippen molar-refractivity contribution in [2.45, 2.75) is 13.0 Å². The summed E-state index contributed by atoms with van der Waals surface area (Å²) >= 11 is 0. The number of amides is 1. The molecule has 0 saturated carbocycles. The number of carboxylic acid groups (broad SMARTS) is 1. The van der Waals surface area contributed by atoms with Gasteiger partial charge in [-0.3, -0.25) is 0 Å². The standard InChI is InChI=1S/C21H23N5O2/c27-21(28)26-12-6-11-25(13-14-26)20-23-18-10-5-4-9-17(18)19(24-20)22-15-16-7-2-1-3-8-16/h1-5,7-10H,6,11-15H2,(H,27,28)(H,22,23,24). The molecule has 2 aromatic carbocycles. The van der Waals surface area contributed by atoms with E-state index < -0.39 is 6.09 Å². The number of nitrogens with one attached hydrogen (secondary N) is 1. The summed E-state index contributed by atoms with van der Waals surface area (Å²) in [5, 5.41) is 13.7. The van der Waals surface area contributed by atoms with Crippen molar-refractivity contribution in [3.63, 3.8) is 0 Å². The van der Waals surface area contributed by atoms with E-state index >= 15 is 0 Å². The van der Waals surface area contributed by atoms with Crippen LogP contribution in [0.1, 0.15) is 12.0 Å². The van der Waals surface area contributed by atoms with Gasteiger partial charge in [0, 0.05) is 38.1 Å². The number of para-hydroxylation sites is 1. The number of hydrogen-bond acceptors (Lipinski definition) is 5. The zero-order valence-electron chi connectivity index (χ0n) is 15.6. The summed E-state index contributed by atoms with van der Waals surface area (Å²) in [5.74, 6) is 1.44. The van der Waals surface area contributed by atoms with Gasteiger partial charge in [0.25, 0.3) is 0 Å². The first-order chi connectivity index (χ1) is 13.7. The van der Waals surface area contributed by atoms with E-state index in [2.05, 4.69) is 22.3 Å². The van der Waals surface area contributed by atoms with Gasteiger partial charge in [-0.25, -0.2) is 9.78 Å². The van der Waals surface area contributed by atoms with E-state index in [1.165, 1.54) is 10.5 Å². The molecule has 1 fully saturated rings. The molecule has 28 heavy (non-hydrogen) atoms. The van der Waals surface area contributed by atoms with E-state index in [0.717, 1.165) is 29.7 Å². The largest absolute Gasteiger partial charge is 0.465 e. The third-order valence-electron chi connectivity index (χ3n) is 4.94. The van der Waals surface area contributed by atoms with Crippen molar-refractivity contribution >= 4 is 28.8 Å². The number of anilines is 2. The number of carbonyl (C=O) groups is 1. The molecule has 1 amide bonds. The molecule has 0 spiro atoms. The highest BCUT2D eigenvalue weighted by atomic mass is 16.4. The molecular formula is C21H23N5O2. The van der Waals surface area contributed by atoms with Gasteiger partial charge in [-0.1, -0.05) is 42.5 Å². The molecule has 0 bridgehead atoms. The molecule has 144 valence electrons. The van der Waals surface area contributed by atoms with Gasteiger partial charge in [0.05, 0.1) is 5.52 Å². The average Bonchev–Trinajstić information content (AvgIpc) is 2.99. The molecule has 7 heteroatoms. The smallest absolute Gasteiger partial charge is 0.407 e. The van der Waals surface area contributed by atoms with Crippen LogP contribution < -0.4 is 10.2 Å². The quantitative estimate of drug-likeness (QED) is 0.725. The van der Waals surface area contributed by atoms with Gasteiger partial charge in [-0.2, -0.15) is 4.98 Å². The van der Waals surface area contributed by atoms with Gasteiger partial charge in [-0.15, -0.1) is 0 Å². The molecule has 7 nitrogen and oxygen atoms in total. The van der Waals surface area contributed by atoms with Crippen LogP contribution in [0.5, 0.6) is 0 Å². The molecule has 1 saturated heterocycles. The molecule has 2 N–H and O–H groups in total. The zero-order valence-corrected chi connectivity index (χ0v) is 15.6. The highest BCUT2D eigenvalue weighted by Crippen LogP contribution is 2.24. The van der Waals surface area contributed by atoms with E-state index in [1.54, 1.807) is 0 Å². The Bertz CT molecular complexity index is 963. The topological polar surface area (TPSA) is 81.6 Å². The molecule has 4 rings (SSSR count). The fraction of sp³-hybridized carbons (Fsp3) is 0.286. The minimum Gasteiger partial charge on any atom is -0.465 e. The minimum atomic E-state index is -0.869. The predicted octanol–water partition coefficient (Wildman–Crippen LogP) is 3.43. The second kappa shape index (κ2) is 8.12. The summed E-state index contributed by atoms with van der Waals surface area (Å²) < 4.78 is 0. The third kappa shape index (κ3) is 3.98. The Balaban J connectivity index is 1.61. The van der Waals surface area contributed by atoms with E-state index in [1.807, 2.05) is 42.5 Å². The van der Waals surface area contributed by atoms with Gasteiger partial charge in [0.2, 0.25) is 5.95 Å². The van der Waals surface area contributed by atoms with Crippen LogP contribution in [0.4, 0.5) is 16.6 Å². The molecule has 0 aliphatic carbocycles. The van der Waals surface area contributed by atoms with Crippen LogP contribution >= 0.6 is 0 Å². The Morgan fingerprint density at radius 2 is 1.75 bits per heavy atom. The second-order valence-electron chi connectivity index (χ2n) is 6.84. The van der Waals surface area contributed by atoms with Crippen LogP contribution in [-0.2, 0) is 6.54 Å². The SMILES string of the molecule is O=C(O)N1CCCN(c2nc(NCc3ccccc3)c3ccccc3n2)CC1. The summed E-state index contributed by atoms with van der Waals surface area (Å²) in [5.41, 5.74) is 2.06. The van der Waals surface area contributed by atoms with Crippen molar-refractivity contribution < 1.29 is 9.90 Å². The molecule has 3 aromatic rings. The maximum atomic E-state index is 11.3. The maximum Gasteiger partial charge on any atom is 0.407 e. The fourth-order valence-corrected chi connectivity index (χ4v) is 3.43. The van der Waals surface area contributed by atoms with Crippen molar-refractivity contribution in [2.24, 2.45) is 0 Å². The highest BCUT2D eigenvalue weighted by molar-refractivity contribution is 5.90. The van der Waals surface area contributed by atoms with E-state index in [4.69, 9.17) is 9.97 Å². The number of nitrogens with zero attached hydrogens (tertiary/aromatic N) is 4. The van der Waals surface area contributed by atoms with Crippen LogP contribution in [0, 0.1) is 0 Å². The first kappa shape index (κ1) is 18.0. The lowest BCUT2D eigenvalue weighted by Gasteiger charge is -2.22. The zero-order chi connectivity index (χ0) is 19.3. The van der Waals surface area contributed by atoms with Crippen LogP contribution in [0.2, 0.25) is 0 Å². The molecule has 2 heterocycles. The Morgan fingerprint density at radius 1 is 0.964 bits per heavy atom. The van der Waals surface area contributed by atoms with Crippen molar-refractivity contribution in [2.75, 3.05) is 36.4 Å². The predicted molar refractivity (Wildman–Crippen MR) is 110 cm³/mol. The van der Waals surface area contributed by atoms with E-state index in [0.29, 0.717) is 32.1 Å². The average molecular weight is 377 g/mol. The van der Waals surface area contributed by atoms with Gasteiger partial charge in [0.1, 0.15) is 5.82 Å². The molecule has 0 unspecified atom stereocenters. The minimum absolute atomic E-state index is 0.457. The molecular weight excluding hydrogens is 354 g/mol. The lowest BCUT2D eigenvalue weighted by molar-refractivity contribution is 0.148. The Kier molecular flexibility index (Phi) is 5.23. The molecule has 1 aromatic heterocycles. The Labute approximate surface area is 163 Å². The Morgan fingerprint density at radius 3 is 2.57 bits per heavy atom. The highest BCUT2D eigenvalue weighted by Gasteiger charge is 2.21. The van der Waals surface area contributed by atoms with Gasteiger partial charge in [-0.05, 0) is 24.1 Å². The summed E-state index contributed by atoms with van der Waals surface area (Å²) in [7, 11) is 0. The maximum absolute atomic E-state index is 11.3. The van der Waals surface area contributed by atoms with Gasteiger partial charge < -0.3 is 20.2 Å². The number of fused-ring (bicyclic) bond motifs is 1. The Hall–Kier alpha value is -3.35. The van der Waals surface area contributed by atoms with Crippen molar-refractivity contribution in [1.29, 1.82) is 0 Å². The number of hydrogen-bond donors (Lipinski definition) is 2. The van der Waals surface area contributed by atoms with Crippen molar-refractivity contribution in [3.05, 3.63) is 60.2 Å². The summed E-state index contributed by atoms with van der Waals surface area (Å²) in [6.45, 7) is 2.99. The first-order valence-corrected chi connectivity index (χ1v) is 9.48.